The molecule has 0 spiro atoms. The van der Waals surface area contributed by atoms with Gasteiger partial charge in [-0.1, -0.05) is 80.9 Å². The van der Waals surface area contributed by atoms with Crippen molar-refractivity contribution in [1.82, 2.24) is 0 Å². The van der Waals surface area contributed by atoms with Gasteiger partial charge >= 0.3 is 0 Å². The smallest absolute Gasteiger partial charge is 0.142 e. The molecule has 2 radical (unpaired) electrons. The molecule has 0 aliphatic rings. The molecule has 28 heavy (non-hydrogen) atoms. The van der Waals surface area contributed by atoms with E-state index in [-0.39, 0.29) is 0 Å². The van der Waals surface area contributed by atoms with Gasteiger partial charge in [-0.15, -0.1) is 18.8 Å². The molecule has 0 amide bonds. The lowest BCUT2D eigenvalue weighted by Gasteiger charge is -1.96. The van der Waals surface area contributed by atoms with Crippen LogP contribution in [0.4, 0.5) is 0 Å². The lowest BCUT2D eigenvalue weighted by Crippen LogP contribution is -1.76. The van der Waals surface area contributed by atoms with Gasteiger partial charge in [0.1, 0.15) is 6.29 Å². The Hall–Kier alpha value is -3.23. The zero-order valence-electron chi connectivity index (χ0n) is 17.6. The highest BCUT2D eigenvalue weighted by Crippen LogP contribution is 2.07. The molecule has 0 atom stereocenters. The van der Waals surface area contributed by atoms with Crippen LogP contribution in [-0.2, 0) is 4.79 Å². The molecule has 0 aliphatic heterocycles. The first-order chi connectivity index (χ1) is 13.6. The molecule has 1 nitrogen and oxygen atoms in total. The first kappa shape index (κ1) is 29.5. The van der Waals surface area contributed by atoms with Crippen LogP contribution in [0.25, 0.3) is 6.08 Å². The average molecular weight is 370 g/mol. The molecule has 0 bridgehead atoms. The van der Waals surface area contributed by atoms with Crippen molar-refractivity contribution < 1.29 is 4.79 Å². The number of hydrogen-bond acceptors (Lipinski definition) is 1. The van der Waals surface area contributed by atoms with Crippen LogP contribution in [0.1, 0.15) is 37.0 Å². The standard InChI is InChI=1S/C10H12.C8H6.C4H6.C3H4O.CH3B/c1-3-6-10-8-5-4-7-9(10)2;1-2-8-6-4-3-5-7-8;1-3-4-2;1-2-3-4;1-2/h3-8H,1-2H3;1,3-7H;1H,4H2,2H3;2-3H,1H2;1H3/b6-3-;;;;. The molecule has 2 aromatic carbocycles. The van der Waals surface area contributed by atoms with E-state index >= 15 is 0 Å². The molecule has 0 unspecified atom stereocenters. The van der Waals surface area contributed by atoms with E-state index in [1.165, 1.54) is 24.0 Å². The van der Waals surface area contributed by atoms with Gasteiger partial charge in [-0.25, -0.2) is 0 Å². The summed E-state index contributed by atoms with van der Waals surface area (Å²) in [7, 11) is 4.50. The number of benzene rings is 2. The second kappa shape index (κ2) is 26.0. The molecule has 0 fully saturated rings. The Morgan fingerprint density at radius 2 is 1.50 bits per heavy atom. The number of carbonyl (C=O) groups excluding carboxylic acids is 1. The van der Waals surface area contributed by atoms with Gasteiger partial charge in [0.05, 0.1) is 7.85 Å². The van der Waals surface area contributed by atoms with E-state index in [2.05, 4.69) is 69.6 Å². The van der Waals surface area contributed by atoms with Crippen molar-refractivity contribution in [3.63, 3.8) is 0 Å². The number of carbonyl (C=O) groups is 1. The number of allylic oxidation sites excluding steroid dienone is 2. The summed E-state index contributed by atoms with van der Waals surface area (Å²) in [5.74, 6) is 4.96. The maximum absolute atomic E-state index is 9.06. The third kappa shape index (κ3) is 20.8. The molecular weight excluding hydrogens is 339 g/mol. The van der Waals surface area contributed by atoms with Gasteiger partial charge in [-0.05, 0) is 43.2 Å². The SMILES string of the molecule is C#CCC.C#Cc1ccccc1.C/C=C\c1ccccc1C.C=CC=O.[B]C. The summed E-state index contributed by atoms with van der Waals surface area (Å²) in [4.78, 5) is 9.06. The molecule has 0 saturated heterocycles. The van der Waals surface area contributed by atoms with Crippen LogP contribution >= 0.6 is 0 Å². The van der Waals surface area contributed by atoms with E-state index < -0.39 is 0 Å². The van der Waals surface area contributed by atoms with Gasteiger partial charge in [0.15, 0.2) is 0 Å². The van der Waals surface area contributed by atoms with Gasteiger partial charge in [0, 0.05) is 12.0 Å². The van der Waals surface area contributed by atoms with Crippen molar-refractivity contribution in [2.24, 2.45) is 0 Å². The third-order valence-electron chi connectivity index (χ3n) is 2.78. The minimum Gasteiger partial charge on any atom is -0.299 e. The normalized spacial score (nSPS) is 7.64. The summed E-state index contributed by atoms with van der Waals surface area (Å²) >= 11 is 0. The van der Waals surface area contributed by atoms with Crippen LogP contribution in [0, 0.1) is 31.6 Å². The molecule has 2 rings (SSSR count). The predicted octanol–water partition coefficient (Wildman–Crippen LogP) is 6.30. The monoisotopic (exact) mass is 370 g/mol. The quantitative estimate of drug-likeness (QED) is 0.262. The van der Waals surface area contributed by atoms with Gasteiger partial charge in [0.2, 0.25) is 0 Å². The highest BCUT2D eigenvalue weighted by atomic mass is 16.1. The van der Waals surface area contributed by atoms with Crippen LogP contribution in [0.5, 0.6) is 0 Å². The molecule has 0 saturated carbocycles. The lowest BCUT2D eigenvalue weighted by atomic mass is 10.1. The fourth-order valence-electron chi connectivity index (χ4n) is 1.49. The van der Waals surface area contributed by atoms with Crippen molar-refractivity contribution in [2.45, 2.75) is 34.0 Å². The number of terminal acetylenes is 2. The zero-order valence-corrected chi connectivity index (χ0v) is 17.6. The summed E-state index contributed by atoms with van der Waals surface area (Å²) in [6.07, 6.45) is 16.7. The summed E-state index contributed by atoms with van der Waals surface area (Å²) in [6.45, 7) is 10.7. The Morgan fingerprint density at radius 3 is 1.82 bits per heavy atom. The zero-order chi connectivity index (χ0) is 22.0. The number of hydrogen-bond donors (Lipinski definition) is 0. The lowest BCUT2D eigenvalue weighted by molar-refractivity contribution is -0.104. The molecule has 2 heteroatoms. The van der Waals surface area contributed by atoms with E-state index in [1.54, 1.807) is 0 Å². The summed E-state index contributed by atoms with van der Waals surface area (Å²) in [5.41, 5.74) is 3.58. The summed E-state index contributed by atoms with van der Waals surface area (Å²) in [5, 5.41) is 0. The van der Waals surface area contributed by atoms with Crippen molar-refractivity contribution in [3.05, 3.63) is 90.0 Å². The largest absolute Gasteiger partial charge is 0.299 e. The number of aryl methyl sites for hydroxylation is 1. The average Bonchev–Trinajstić information content (AvgIpc) is 2.78. The van der Waals surface area contributed by atoms with E-state index in [0.29, 0.717) is 6.29 Å². The second-order valence-electron chi connectivity index (χ2n) is 4.80. The molecular formula is C26H31BO. The van der Waals surface area contributed by atoms with Gasteiger partial charge in [-0.3, -0.25) is 4.79 Å². The van der Waals surface area contributed by atoms with Crippen molar-refractivity contribution >= 4 is 20.2 Å². The summed E-state index contributed by atoms with van der Waals surface area (Å²) < 4.78 is 0. The third-order valence-corrected chi connectivity index (χ3v) is 2.78. The van der Waals surface area contributed by atoms with E-state index in [0.717, 1.165) is 12.0 Å². The molecule has 0 aliphatic carbocycles. The fourth-order valence-corrected chi connectivity index (χ4v) is 1.49. The predicted molar refractivity (Wildman–Crippen MR) is 127 cm³/mol. The highest BCUT2D eigenvalue weighted by molar-refractivity contribution is 6.05. The maximum Gasteiger partial charge on any atom is 0.142 e. The van der Waals surface area contributed by atoms with E-state index in [4.69, 9.17) is 17.6 Å². The Kier molecular flexibility index (Phi) is 27.4. The van der Waals surface area contributed by atoms with Crippen LogP contribution in [-0.4, -0.2) is 14.1 Å². The van der Waals surface area contributed by atoms with Gasteiger partial charge < -0.3 is 0 Å². The Labute approximate surface area is 174 Å². The Bertz CT molecular complexity index is 710. The minimum absolute atomic E-state index is 0.639. The van der Waals surface area contributed by atoms with Crippen molar-refractivity contribution in [1.29, 1.82) is 0 Å². The number of rotatable bonds is 2. The minimum atomic E-state index is 0.639. The van der Waals surface area contributed by atoms with Crippen LogP contribution in [0.2, 0.25) is 6.82 Å². The Balaban J connectivity index is -0.000000311. The van der Waals surface area contributed by atoms with Gasteiger partial charge in [0.25, 0.3) is 0 Å². The van der Waals surface area contributed by atoms with Crippen LogP contribution < -0.4 is 0 Å². The molecule has 0 aromatic heterocycles. The van der Waals surface area contributed by atoms with E-state index in [9.17, 15) is 0 Å². The molecule has 2 aromatic rings. The summed E-state index contributed by atoms with van der Waals surface area (Å²) in [6, 6.07) is 18.0. The van der Waals surface area contributed by atoms with Gasteiger partial charge in [-0.2, -0.15) is 0 Å². The van der Waals surface area contributed by atoms with Crippen molar-refractivity contribution in [2.75, 3.05) is 0 Å². The number of aldehydes is 1. The fraction of sp³-hybridized carbons (Fsp3) is 0.192. The second-order valence-corrected chi connectivity index (χ2v) is 4.80. The first-order valence-electron chi connectivity index (χ1n) is 8.88. The topological polar surface area (TPSA) is 17.1 Å². The maximum atomic E-state index is 9.06. The van der Waals surface area contributed by atoms with Crippen LogP contribution in [0.15, 0.2) is 73.3 Å². The first-order valence-corrected chi connectivity index (χ1v) is 8.88. The van der Waals surface area contributed by atoms with E-state index in [1.807, 2.05) is 44.2 Å². The van der Waals surface area contributed by atoms with Crippen molar-refractivity contribution in [3.8, 4) is 24.7 Å². The molecule has 0 N–H and O–H groups in total. The highest BCUT2D eigenvalue weighted by Gasteiger charge is 1.87. The van der Waals surface area contributed by atoms with Crippen LogP contribution in [0.3, 0.4) is 0 Å². The molecule has 0 heterocycles. The Morgan fingerprint density at radius 1 is 1.04 bits per heavy atom. The molecule has 144 valence electrons.